The first-order valence-electron chi connectivity index (χ1n) is 7.10. The van der Waals surface area contributed by atoms with Crippen LogP contribution in [0.5, 0.6) is 0 Å². The van der Waals surface area contributed by atoms with Crippen molar-refractivity contribution in [2.24, 2.45) is 0 Å². The Bertz CT molecular complexity index is 686. The number of aromatic nitrogens is 2. The second-order valence-corrected chi connectivity index (χ2v) is 5.55. The molecular weight excluding hydrogens is 306 g/mol. The third kappa shape index (κ3) is 3.28. The van der Waals surface area contributed by atoms with Crippen LogP contribution in [0.3, 0.4) is 0 Å². The van der Waals surface area contributed by atoms with Crippen LogP contribution >= 0.6 is 11.6 Å². The molecule has 0 bridgehead atoms. The van der Waals surface area contributed by atoms with Crippen LogP contribution in [0.25, 0.3) is 0 Å². The number of aryl methyl sites for hydroxylation is 1. The lowest BCUT2D eigenvalue weighted by Gasteiger charge is -2.14. The Balaban J connectivity index is 1.49. The quantitative estimate of drug-likeness (QED) is 0.845. The lowest BCUT2D eigenvalue weighted by atomic mass is 10.1. The summed E-state index contributed by atoms with van der Waals surface area (Å²) in [6.07, 6.45) is 0.705. The summed E-state index contributed by atoms with van der Waals surface area (Å²) in [6, 6.07) is 5.69. The fraction of sp³-hybridized carbons (Fsp3) is 0.400. The van der Waals surface area contributed by atoms with Crippen LogP contribution in [0.15, 0.2) is 22.7 Å². The number of hydrogen-bond donors (Lipinski definition) is 0. The molecule has 0 atom stereocenters. The monoisotopic (exact) mass is 321 g/mol. The molecule has 7 heteroatoms. The summed E-state index contributed by atoms with van der Waals surface area (Å²) < 4.78 is 10.4. The van der Waals surface area contributed by atoms with Crippen molar-refractivity contribution in [3.05, 3.63) is 46.1 Å². The van der Waals surface area contributed by atoms with E-state index in [1.807, 2.05) is 25.1 Å². The molecule has 1 aromatic heterocycles. The van der Waals surface area contributed by atoms with E-state index >= 15 is 0 Å². The maximum absolute atomic E-state index is 12.2. The lowest BCUT2D eigenvalue weighted by molar-refractivity contribution is -0.137. The van der Waals surface area contributed by atoms with Gasteiger partial charge in [-0.05, 0) is 23.3 Å². The van der Waals surface area contributed by atoms with Crippen molar-refractivity contribution in [3.63, 3.8) is 0 Å². The van der Waals surface area contributed by atoms with Crippen LogP contribution < -0.4 is 0 Å². The number of carbonyl (C=O) groups is 1. The highest BCUT2D eigenvalue weighted by Crippen LogP contribution is 2.25. The number of halogens is 1. The summed E-state index contributed by atoms with van der Waals surface area (Å²) in [6.45, 7) is 3.24. The Labute approximate surface area is 133 Å². The van der Waals surface area contributed by atoms with Gasteiger partial charge < -0.3 is 14.2 Å². The molecule has 3 rings (SSSR count). The molecule has 0 spiro atoms. The van der Waals surface area contributed by atoms with Crippen molar-refractivity contribution >= 4 is 17.5 Å². The van der Waals surface area contributed by atoms with E-state index in [9.17, 15) is 4.79 Å². The number of rotatable bonds is 5. The van der Waals surface area contributed by atoms with Crippen molar-refractivity contribution in [2.45, 2.75) is 33.0 Å². The molecule has 0 saturated heterocycles. The number of nitrogens with zero attached hydrogens (tertiary/aromatic N) is 3. The minimum absolute atomic E-state index is 0.00837. The number of fused-ring (bicyclic) bond motifs is 1. The van der Waals surface area contributed by atoms with Crippen LogP contribution in [-0.2, 0) is 35.6 Å². The van der Waals surface area contributed by atoms with Crippen LogP contribution in [0.4, 0.5) is 0 Å². The van der Waals surface area contributed by atoms with Gasteiger partial charge in [0.15, 0.2) is 5.82 Å². The summed E-state index contributed by atoms with van der Waals surface area (Å²) in [4.78, 5) is 18.0. The van der Waals surface area contributed by atoms with Gasteiger partial charge in [0, 0.05) is 24.5 Å². The van der Waals surface area contributed by atoms with Gasteiger partial charge in [0.25, 0.3) is 5.89 Å². The Morgan fingerprint density at radius 1 is 1.41 bits per heavy atom. The smallest absolute Gasteiger partial charge is 0.252 e. The highest BCUT2D eigenvalue weighted by Gasteiger charge is 2.23. The van der Waals surface area contributed by atoms with Gasteiger partial charge in [-0.15, -0.1) is 0 Å². The fourth-order valence-corrected chi connectivity index (χ4v) is 2.54. The summed E-state index contributed by atoms with van der Waals surface area (Å²) in [5.74, 6) is 0.959. The summed E-state index contributed by atoms with van der Waals surface area (Å²) >= 11 is 5.96. The number of ether oxygens (including phenoxy) is 1. The average Bonchev–Trinajstić information content (AvgIpc) is 3.12. The van der Waals surface area contributed by atoms with E-state index in [0.29, 0.717) is 36.2 Å². The number of carbonyl (C=O) groups excluding carboxylic acids is 1. The lowest BCUT2D eigenvalue weighted by Crippen LogP contribution is -2.29. The minimum atomic E-state index is -0.0671. The zero-order chi connectivity index (χ0) is 15.5. The molecule has 0 saturated carbocycles. The molecule has 0 N–H and O–H groups in total. The second-order valence-electron chi connectivity index (χ2n) is 5.11. The molecule has 0 fully saturated rings. The normalized spacial score (nSPS) is 13.5. The zero-order valence-electron chi connectivity index (χ0n) is 12.2. The molecular formula is C15H16ClN3O3. The van der Waals surface area contributed by atoms with Gasteiger partial charge in [-0.2, -0.15) is 4.98 Å². The minimum Gasteiger partial charge on any atom is -0.362 e. The molecule has 2 aromatic rings. The third-order valence-electron chi connectivity index (χ3n) is 3.52. The van der Waals surface area contributed by atoms with E-state index in [1.165, 1.54) is 0 Å². The Kier molecular flexibility index (Phi) is 4.40. The van der Waals surface area contributed by atoms with E-state index in [-0.39, 0.29) is 19.1 Å². The van der Waals surface area contributed by atoms with E-state index in [1.54, 1.807) is 4.90 Å². The molecule has 22 heavy (non-hydrogen) atoms. The van der Waals surface area contributed by atoms with Crippen molar-refractivity contribution in [2.75, 3.05) is 6.61 Å². The molecule has 1 aliphatic heterocycles. The van der Waals surface area contributed by atoms with E-state index in [0.717, 1.165) is 11.1 Å². The topological polar surface area (TPSA) is 68.5 Å². The van der Waals surface area contributed by atoms with Gasteiger partial charge in [-0.3, -0.25) is 4.79 Å². The van der Waals surface area contributed by atoms with Gasteiger partial charge in [-0.1, -0.05) is 29.7 Å². The molecule has 1 aromatic carbocycles. The number of hydrogen-bond acceptors (Lipinski definition) is 5. The Morgan fingerprint density at radius 2 is 2.23 bits per heavy atom. The third-order valence-corrected chi connectivity index (χ3v) is 3.76. The molecule has 1 amide bonds. The molecule has 0 aliphatic carbocycles. The van der Waals surface area contributed by atoms with Crippen LogP contribution in [0.1, 0.15) is 29.8 Å². The standard InChI is InChI=1S/C15H16ClN3O3/c1-2-13-17-14(22-18-13)8-21-9-15(20)19-6-10-3-4-12(16)5-11(10)7-19/h3-5H,2,6-9H2,1H3. The van der Waals surface area contributed by atoms with Crippen molar-refractivity contribution in [1.82, 2.24) is 15.0 Å². The van der Waals surface area contributed by atoms with E-state index in [2.05, 4.69) is 10.1 Å². The van der Waals surface area contributed by atoms with Crippen molar-refractivity contribution in [1.29, 1.82) is 0 Å². The summed E-state index contributed by atoms with van der Waals surface area (Å²) in [5, 5.41) is 4.46. The highest BCUT2D eigenvalue weighted by atomic mass is 35.5. The number of benzene rings is 1. The Morgan fingerprint density at radius 3 is 3.00 bits per heavy atom. The predicted octanol–water partition coefficient (Wildman–Crippen LogP) is 2.34. The average molecular weight is 322 g/mol. The largest absolute Gasteiger partial charge is 0.362 e. The van der Waals surface area contributed by atoms with Gasteiger partial charge >= 0.3 is 0 Å². The van der Waals surface area contributed by atoms with Gasteiger partial charge in [0.2, 0.25) is 5.91 Å². The van der Waals surface area contributed by atoms with E-state index < -0.39 is 0 Å². The first-order chi connectivity index (χ1) is 10.7. The van der Waals surface area contributed by atoms with Gasteiger partial charge in [0.1, 0.15) is 13.2 Å². The number of amides is 1. The van der Waals surface area contributed by atoms with Gasteiger partial charge in [-0.25, -0.2) is 0 Å². The van der Waals surface area contributed by atoms with Gasteiger partial charge in [0.05, 0.1) is 0 Å². The molecule has 116 valence electrons. The fourth-order valence-electron chi connectivity index (χ4n) is 2.35. The van der Waals surface area contributed by atoms with Crippen LogP contribution in [-0.4, -0.2) is 27.6 Å². The first-order valence-corrected chi connectivity index (χ1v) is 7.47. The molecule has 0 radical (unpaired) electrons. The van der Waals surface area contributed by atoms with Crippen molar-refractivity contribution in [3.8, 4) is 0 Å². The van der Waals surface area contributed by atoms with Crippen molar-refractivity contribution < 1.29 is 14.1 Å². The molecule has 6 nitrogen and oxygen atoms in total. The maximum Gasteiger partial charge on any atom is 0.252 e. The summed E-state index contributed by atoms with van der Waals surface area (Å²) in [5.41, 5.74) is 2.22. The van der Waals surface area contributed by atoms with E-state index in [4.69, 9.17) is 20.9 Å². The highest BCUT2D eigenvalue weighted by molar-refractivity contribution is 6.30. The SMILES string of the molecule is CCc1noc(COCC(=O)N2Cc3ccc(Cl)cc3C2)n1. The zero-order valence-corrected chi connectivity index (χ0v) is 13.0. The second kappa shape index (κ2) is 6.46. The summed E-state index contributed by atoms with van der Waals surface area (Å²) in [7, 11) is 0. The molecule has 0 unspecified atom stereocenters. The molecule has 2 heterocycles. The van der Waals surface area contributed by atoms with Crippen LogP contribution in [0, 0.1) is 0 Å². The molecule has 1 aliphatic rings. The Hall–Kier alpha value is -1.92. The maximum atomic E-state index is 12.2. The predicted molar refractivity (Wildman–Crippen MR) is 79.0 cm³/mol. The van der Waals surface area contributed by atoms with Crippen LogP contribution in [0.2, 0.25) is 5.02 Å². The first kappa shape index (κ1) is 15.0.